The first kappa shape index (κ1) is 13.1. The largest absolute Gasteiger partial charge is 0.242 e. The lowest BCUT2D eigenvalue weighted by Gasteiger charge is -1.98. The molecule has 1 heterocycles. The number of isothiocyanates is 1. The highest BCUT2D eigenvalue weighted by Crippen LogP contribution is 2.09. The summed E-state index contributed by atoms with van der Waals surface area (Å²) >= 11 is 4.49. The predicted octanol–water partition coefficient (Wildman–Crippen LogP) is 3.23. The van der Waals surface area contributed by atoms with Crippen molar-refractivity contribution in [1.82, 2.24) is 9.97 Å². The Balaban J connectivity index is 2.26. The number of aryl methyl sites for hydroxylation is 2. The van der Waals surface area contributed by atoms with Crippen LogP contribution in [-0.4, -0.2) is 15.1 Å². The van der Waals surface area contributed by atoms with Crippen LogP contribution >= 0.6 is 12.2 Å². The Bertz CT molecular complexity index is 702. The summed E-state index contributed by atoms with van der Waals surface area (Å²) in [5, 5.41) is 2.24. The van der Waals surface area contributed by atoms with Gasteiger partial charge in [-0.1, -0.05) is 23.6 Å². The van der Waals surface area contributed by atoms with Crippen LogP contribution in [0, 0.1) is 25.7 Å². The summed E-state index contributed by atoms with van der Waals surface area (Å²) in [7, 11) is 0. The maximum atomic E-state index is 4.49. The molecule has 0 spiro atoms. The number of rotatable bonds is 1. The van der Waals surface area contributed by atoms with Gasteiger partial charge in [-0.15, -0.1) is 0 Å². The minimum atomic E-state index is 0.437. The third-order valence-corrected chi connectivity index (χ3v) is 2.60. The molecule has 1 aromatic heterocycles. The Morgan fingerprint density at radius 3 is 2.58 bits per heavy atom. The van der Waals surface area contributed by atoms with Crippen molar-refractivity contribution in [3.8, 4) is 11.8 Å². The summed E-state index contributed by atoms with van der Waals surface area (Å²) in [6.07, 6.45) is 3.09. The fourth-order valence-electron chi connectivity index (χ4n) is 1.58. The van der Waals surface area contributed by atoms with Crippen LogP contribution in [-0.2, 0) is 0 Å². The zero-order chi connectivity index (χ0) is 13.7. The number of aliphatic imine (C=N–C) groups is 1. The van der Waals surface area contributed by atoms with E-state index in [1.165, 1.54) is 11.8 Å². The molecule has 0 unspecified atom stereocenters. The third kappa shape index (κ3) is 3.56. The molecule has 0 N–H and O–H groups in total. The van der Waals surface area contributed by atoms with E-state index in [0.717, 1.165) is 11.1 Å². The van der Waals surface area contributed by atoms with Gasteiger partial charge in [-0.05, 0) is 43.6 Å². The van der Waals surface area contributed by atoms with Crippen molar-refractivity contribution in [2.24, 2.45) is 4.99 Å². The minimum Gasteiger partial charge on any atom is -0.242 e. The normalized spacial score (nSPS) is 9.16. The molecule has 4 heteroatoms. The molecule has 0 saturated heterocycles. The van der Waals surface area contributed by atoms with E-state index in [0.29, 0.717) is 11.5 Å². The van der Waals surface area contributed by atoms with Crippen LogP contribution in [0.1, 0.15) is 22.4 Å². The summed E-state index contributed by atoms with van der Waals surface area (Å²) < 4.78 is 0. The van der Waals surface area contributed by atoms with Crippen molar-refractivity contribution >= 4 is 23.2 Å². The van der Waals surface area contributed by atoms with E-state index in [-0.39, 0.29) is 0 Å². The van der Waals surface area contributed by atoms with E-state index in [1.807, 2.05) is 19.1 Å². The number of hydrogen-bond acceptors (Lipinski definition) is 4. The van der Waals surface area contributed by atoms with Crippen molar-refractivity contribution < 1.29 is 0 Å². The number of aromatic nitrogens is 2. The maximum absolute atomic E-state index is 4.49. The number of thiocarbonyl (C=S) groups is 1. The number of hydrogen-bond donors (Lipinski definition) is 0. The maximum Gasteiger partial charge on any atom is 0.181 e. The Labute approximate surface area is 117 Å². The molecule has 0 aliphatic carbocycles. The molecule has 0 aliphatic rings. The van der Waals surface area contributed by atoms with E-state index in [2.05, 4.69) is 57.2 Å². The second kappa shape index (κ2) is 6.01. The topological polar surface area (TPSA) is 38.1 Å². The fraction of sp³-hybridized carbons (Fsp3) is 0.133. The molecule has 3 nitrogen and oxygen atoms in total. The molecule has 0 atom stereocenters. The van der Waals surface area contributed by atoms with Crippen molar-refractivity contribution in [3.63, 3.8) is 0 Å². The molecule has 2 rings (SSSR count). The lowest BCUT2D eigenvalue weighted by atomic mass is 10.1. The van der Waals surface area contributed by atoms with Gasteiger partial charge in [-0.25, -0.2) is 9.97 Å². The first-order chi connectivity index (χ1) is 9.19. The molecule has 1 aromatic carbocycles. The van der Waals surface area contributed by atoms with Gasteiger partial charge in [-0.3, -0.25) is 0 Å². The highest BCUT2D eigenvalue weighted by Gasteiger charge is 1.95. The van der Waals surface area contributed by atoms with E-state index >= 15 is 0 Å². The van der Waals surface area contributed by atoms with E-state index in [1.54, 1.807) is 6.20 Å². The SMILES string of the molecule is Cc1ccc(C#Cc2cnc(N=C=S)cn2)c(C)c1. The monoisotopic (exact) mass is 265 g/mol. The quantitative estimate of drug-likeness (QED) is 0.451. The number of nitrogens with zero attached hydrogens (tertiary/aromatic N) is 3. The van der Waals surface area contributed by atoms with Gasteiger partial charge in [0.1, 0.15) is 5.69 Å². The molecular formula is C15H11N3S. The Morgan fingerprint density at radius 1 is 1.11 bits per heavy atom. The molecule has 19 heavy (non-hydrogen) atoms. The van der Waals surface area contributed by atoms with Crippen LogP contribution in [0.3, 0.4) is 0 Å². The van der Waals surface area contributed by atoms with Crippen molar-refractivity contribution in [1.29, 1.82) is 0 Å². The van der Waals surface area contributed by atoms with Crippen molar-refractivity contribution in [3.05, 3.63) is 53.0 Å². The molecule has 0 saturated carbocycles. The molecule has 0 radical (unpaired) electrons. The summed E-state index contributed by atoms with van der Waals surface area (Å²) in [5.41, 5.74) is 3.98. The molecule has 0 bridgehead atoms. The van der Waals surface area contributed by atoms with Crippen molar-refractivity contribution in [2.75, 3.05) is 0 Å². The zero-order valence-electron chi connectivity index (χ0n) is 10.6. The first-order valence-corrected chi connectivity index (χ1v) is 6.09. The average Bonchev–Trinajstić information content (AvgIpc) is 2.40. The van der Waals surface area contributed by atoms with Gasteiger partial charge in [0.25, 0.3) is 0 Å². The molecule has 92 valence electrons. The molecule has 2 aromatic rings. The zero-order valence-corrected chi connectivity index (χ0v) is 11.5. The van der Waals surface area contributed by atoms with Gasteiger partial charge in [0, 0.05) is 5.56 Å². The first-order valence-electron chi connectivity index (χ1n) is 5.68. The van der Waals surface area contributed by atoms with Crippen LogP contribution in [0.15, 0.2) is 35.6 Å². The molecule has 0 amide bonds. The van der Waals surface area contributed by atoms with Crippen LogP contribution in [0.2, 0.25) is 0 Å². The summed E-state index contributed by atoms with van der Waals surface area (Å²) in [6, 6.07) is 6.16. The number of benzene rings is 1. The van der Waals surface area contributed by atoms with Gasteiger partial charge in [0.2, 0.25) is 0 Å². The van der Waals surface area contributed by atoms with Gasteiger partial charge in [0.15, 0.2) is 5.82 Å². The second-order valence-electron chi connectivity index (χ2n) is 4.03. The van der Waals surface area contributed by atoms with Gasteiger partial charge >= 0.3 is 0 Å². The molecule has 0 aliphatic heterocycles. The standard InChI is InChI=1S/C15H11N3S/c1-11-3-4-13(12(2)7-11)5-6-14-8-17-15(9-16-14)18-10-19/h3-4,7-9H,1-2H3. The van der Waals surface area contributed by atoms with Crippen LogP contribution in [0.5, 0.6) is 0 Å². The average molecular weight is 265 g/mol. The van der Waals surface area contributed by atoms with Gasteiger partial charge in [0.05, 0.1) is 17.6 Å². The summed E-state index contributed by atoms with van der Waals surface area (Å²) in [4.78, 5) is 11.9. The molecule has 0 fully saturated rings. The smallest absolute Gasteiger partial charge is 0.181 e. The Hall–Kier alpha value is -2.34. The predicted molar refractivity (Wildman–Crippen MR) is 78.6 cm³/mol. The van der Waals surface area contributed by atoms with E-state index < -0.39 is 0 Å². The highest BCUT2D eigenvalue weighted by molar-refractivity contribution is 7.78. The van der Waals surface area contributed by atoms with Crippen molar-refractivity contribution in [2.45, 2.75) is 13.8 Å². The Kier molecular flexibility index (Phi) is 4.15. The summed E-state index contributed by atoms with van der Waals surface area (Å²) in [6.45, 7) is 4.10. The lowest BCUT2D eigenvalue weighted by Crippen LogP contribution is -1.86. The second-order valence-corrected chi connectivity index (χ2v) is 4.21. The van der Waals surface area contributed by atoms with Gasteiger partial charge < -0.3 is 0 Å². The third-order valence-electron chi connectivity index (χ3n) is 2.51. The summed E-state index contributed by atoms with van der Waals surface area (Å²) in [5.74, 6) is 6.50. The van der Waals surface area contributed by atoms with E-state index in [4.69, 9.17) is 0 Å². The van der Waals surface area contributed by atoms with Crippen LogP contribution in [0.4, 0.5) is 5.82 Å². The fourth-order valence-corrected chi connectivity index (χ4v) is 1.67. The van der Waals surface area contributed by atoms with Gasteiger partial charge in [-0.2, -0.15) is 4.99 Å². The minimum absolute atomic E-state index is 0.437. The van der Waals surface area contributed by atoms with Crippen LogP contribution < -0.4 is 0 Å². The van der Waals surface area contributed by atoms with E-state index in [9.17, 15) is 0 Å². The Morgan fingerprint density at radius 2 is 1.95 bits per heavy atom. The lowest BCUT2D eigenvalue weighted by molar-refractivity contribution is 1.16. The highest BCUT2D eigenvalue weighted by atomic mass is 32.1. The molecular weight excluding hydrogens is 254 g/mol. The van der Waals surface area contributed by atoms with Crippen LogP contribution in [0.25, 0.3) is 0 Å².